The van der Waals surface area contributed by atoms with E-state index in [1.807, 2.05) is 24.3 Å². The van der Waals surface area contributed by atoms with Crippen molar-refractivity contribution in [1.82, 2.24) is 10.1 Å². The van der Waals surface area contributed by atoms with Gasteiger partial charge in [-0.3, -0.25) is 0 Å². The molecule has 2 aromatic rings. The lowest BCUT2D eigenvalue weighted by Gasteiger charge is -2.04. The molecule has 0 bridgehead atoms. The van der Waals surface area contributed by atoms with E-state index in [0.717, 1.165) is 17.1 Å². The van der Waals surface area contributed by atoms with Crippen LogP contribution in [0.15, 0.2) is 28.8 Å². The molecule has 1 fully saturated rings. The van der Waals surface area contributed by atoms with Crippen LogP contribution < -0.4 is 5.32 Å². The molecule has 0 radical (unpaired) electrons. The zero-order valence-corrected chi connectivity index (χ0v) is 11.4. The third-order valence-corrected chi connectivity index (χ3v) is 3.76. The molecule has 1 aliphatic rings. The van der Waals surface area contributed by atoms with Gasteiger partial charge in [-0.2, -0.15) is 4.98 Å². The van der Waals surface area contributed by atoms with Crippen molar-refractivity contribution in [1.29, 1.82) is 0 Å². The summed E-state index contributed by atoms with van der Waals surface area (Å²) >= 11 is 0. The number of aromatic nitrogens is 2. The number of aliphatic hydroxyl groups is 1. The molecule has 1 aromatic carbocycles. The Morgan fingerprint density at radius 2 is 2.15 bits per heavy atom. The number of anilines is 1. The first kappa shape index (κ1) is 13.1. The largest absolute Gasteiger partial charge is 0.392 e. The summed E-state index contributed by atoms with van der Waals surface area (Å²) in [6.07, 6.45) is 4.87. The van der Waals surface area contributed by atoms with Gasteiger partial charge in [0.15, 0.2) is 5.82 Å². The third-order valence-electron chi connectivity index (χ3n) is 3.76. The van der Waals surface area contributed by atoms with Crippen LogP contribution in [0, 0.1) is 0 Å². The topological polar surface area (TPSA) is 71.2 Å². The summed E-state index contributed by atoms with van der Waals surface area (Å²) in [6.45, 7) is 0.552. The predicted molar refractivity (Wildman–Crippen MR) is 75.2 cm³/mol. The van der Waals surface area contributed by atoms with E-state index < -0.39 is 0 Å². The fraction of sp³-hybridized carbons (Fsp3) is 0.467. The van der Waals surface area contributed by atoms with E-state index in [2.05, 4.69) is 15.5 Å². The van der Waals surface area contributed by atoms with Gasteiger partial charge in [0.25, 0.3) is 0 Å². The van der Waals surface area contributed by atoms with Crippen LogP contribution >= 0.6 is 0 Å². The van der Waals surface area contributed by atoms with Crippen LogP contribution in [0.25, 0.3) is 0 Å². The van der Waals surface area contributed by atoms with Crippen molar-refractivity contribution >= 4 is 5.69 Å². The standard InChI is InChI=1S/C15H19N3O2/c19-10-11-4-3-7-13(8-11)16-9-14-17-15(18-20-14)12-5-1-2-6-12/h3-4,7-8,12,16,19H,1-2,5-6,9-10H2. The van der Waals surface area contributed by atoms with Crippen molar-refractivity contribution in [2.24, 2.45) is 0 Å². The van der Waals surface area contributed by atoms with Gasteiger partial charge < -0.3 is 14.9 Å². The Labute approximate surface area is 118 Å². The summed E-state index contributed by atoms with van der Waals surface area (Å²) in [6, 6.07) is 7.66. The van der Waals surface area contributed by atoms with Crippen LogP contribution in [0.4, 0.5) is 5.69 Å². The van der Waals surface area contributed by atoms with Crippen molar-refractivity contribution in [3.63, 3.8) is 0 Å². The molecule has 1 heterocycles. The second kappa shape index (κ2) is 6.05. The molecule has 2 N–H and O–H groups in total. The van der Waals surface area contributed by atoms with Crippen LogP contribution in [0.5, 0.6) is 0 Å². The lowest BCUT2D eigenvalue weighted by atomic mass is 10.1. The van der Waals surface area contributed by atoms with Crippen LogP contribution in [0.1, 0.15) is 48.9 Å². The second-order valence-electron chi connectivity index (χ2n) is 5.24. The Hall–Kier alpha value is -1.88. The van der Waals surface area contributed by atoms with Crippen LogP contribution in [0.2, 0.25) is 0 Å². The van der Waals surface area contributed by atoms with Crippen molar-refractivity contribution < 1.29 is 9.63 Å². The van der Waals surface area contributed by atoms with Gasteiger partial charge in [0.2, 0.25) is 5.89 Å². The Kier molecular flexibility index (Phi) is 3.97. The lowest BCUT2D eigenvalue weighted by molar-refractivity contribution is 0.282. The fourth-order valence-electron chi connectivity index (χ4n) is 2.65. The third kappa shape index (κ3) is 2.99. The number of hydrogen-bond donors (Lipinski definition) is 2. The number of nitrogens with one attached hydrogen (secondary N) is 1. The fourth-order valence-corrected chi connectivity index (χ4v) is 2.65. The summed E-state index contributed by atoms with van der Waals surface area (Å²) in [7, 11) is 0. The van der Waals surface area contributed by atoms with Crippen LogP contribution in [-0.2, 0) is 13.2 Å². The molecule has 20 heavy (non-hydrogen) atoms. The second-order valence-corrected chi connectivity index (χ2v) is 5.24. The average Bonchev–Trinajstić information content (AvgIpc) is 3.16. The summed E-state index contributed by atoms with van der Waals surface area (Å²) in [5.74, 6) is 1.94. The molecular weight excluding hydrogens is 254 g/mol. The highest BCUT2D eigenvalue weighted by Gasteiger charge is 2.22. The summed E-state index contributed by atoms with van der Waals surface area (Å²) in [5.41, 5.74) is 1.82. The van der Waals surface area contributed by atoms with E-state index in [4.69, 9.17) is 9.63 Å². The molecule has 5 nitrogen and oxygen atoms in total. The lowest BCUT2D eigenvalue weighted by Crippen LogP contribution is -2.01. The minimum absolute atomic E-state index is 0.0436. The van der Waals surface area contributed by atoms with Gasteiger partial charge in [0.1, 0.15) is 0 Å². The minimum Gasteiger partial charge on any atom is -0.392 e. The maximum atomic E-state index is 9.10. The normalized spacial score (nSPS) is 15.7. The van der Waals surface area contributed by atoms with Gasteiger partial charge >= 0.3 is 0 Å². The van der Waals surface area contributed by atoms with Gasteiger partial charge in [0, 0.05) is 11.6 Å². The molecule has 0 amide bonds. The van der Waals surface area contributed by atoms with E-state index in [1.54, 1.807) is 0 Å². The Bertz CT molecular complexity index is 562. The Morgan fingerprint density at radius 3 is 2.95 bits per heavy atom. The first-order valence-corrected chi connectivity index (χ1v) is 7.11. The number of benzene rings is 1. The first-order chi connectivity index (χ1) is 9.85. The summed E-state index contributed by atoms with van der Waals surface area (Å²) < 4.78 is 5.28. The SMILES string of the molecule is OCc1cccc(NCc2nc(C3CCCC3)no2)c1. The summed E-state index contributed by atoms with van der Waals surface area (Å²) in [4.78, 5) is 4.46. The highest BCUT2D eigenvalue weighted by Crippen LogP contribution is 2.32. The molecule has 0 unspecified atom stereocenters. The maximum Gasteiger partial charge on any atom is 0.245 e. The van der Waals surface area contributed by atoms with E-state index in [9.17, 15) is 0 Å². The van der Waals surface area contributed by atoms with Gasteiger partial charge in [0.05, 0.1) is 13.2 Å². The number of aliphatic hydroxyl groups excluding tert-OH is 1. The number of rotatable bonds is 5. The molecule has 1 aromatic heterocycles. The van der Waals surface area contributed by atoms with E-state index >= 15 is 0 Å². The summed E-state index contributed by atoms with van der Waals surface area (Å²) in [5, 5.41) is 16.4. The zero-order valence-electron chi connectivity index (χ0n) is 11.4. The Balaban J connectivity index is 1.60. The van der Waals surface area contributed by atoms with Gasteiger partial charge in [-0.15, -0.1) is 0 Å². The van der Waals surface area contributed by atoms with E-state index in [0.29, 0.717) is 18.4 Å². The maximum absolute atomic E-state index is 9.10. The van der Waals surface area contributed by atoms with Crippen molar-refractivity contribution in [3.05, 3.63) is 41.5 Å². The van der Waals surface area contributed by atoms with Crippen molar-refractivity contribution in [2.45, 2.75) is 44.8 Å². The van der Waals surface area contributed by atoms with Crippen molar-refractivity contribution in [3.8, 4) is 0 Å². The molecule has 106 valence electrons. The van der Waals surface area contributed by atoms with E-state index in [1.165, 1.54) is 25.7 Å². The molecule has 5 heteroatoms. The molecule has 0 aliphatic heterocycles. The minimum atomic E-state index is 0.0436. The van der Waals surface area contributed by atoms with Crippen LogP contribution in [-0.4, -0.2) is 15.2 Å². The van der Waals surface area contributed by atoms with Gasteiger partial charge in [-0.25, -0.2) is 0 Å². The van der Waals surface area contributed by atoms with E-state index in [-0.39, 0.29) is 6.61 Å². The Morgan fingerprint density at radius 1 is 1.30 bits per heavy atom. The van der Waals surface area contributed by atoms with Gasteiger partial charge in [-0.05, 0) is 30.5 Å². The average molecular weight is 273 g/mol. The molecule has 0 spiro atoms. The quantitative estimate of drug-likeness (QED) is 0.876. The highest BCUT2D eigenvalue weighted by atomic mass is 16.5. The molecule has 0 atom stereocenters. The predicted octanol–water partition coefficient (Wildman–Crippen LogP) is 2.83. The van der Waals surface area contributed by atoms with Crippen molar-refractivity contribution in [2.75, 3.05) is 5.32 Å². The molecule has 0 saturated heterocycles. The van der Waals surface area contributed by atoms with Gasteiger partial charge in [-0.1, -0.05) is 30.1 Å². The molecule has 1 aliphatic carbocycles. The molecular formula is C15H19N3O2. The number of nitrogens with zero attached hydrogens (tertiary/aromatic N) is 2. The molecule has 1 saturated carbocycles. The van der Waals surface area contributed by atoms with Crippen LogP contribution in [0.3, 0.4) is 0 Å². The zero-order chi connectivity index (χ0) is 13.8. The molecule has 3 rings (SSSR count). The monoisotopic (exact) mass is 273 g/mol. The smallest absolute Gasteiger partial charge is 0.245 e. The number of hydrogen-bond acceptors (Lipinski definition) is 5. The highest BCUT2D eigenvalue weighted by molar-refractivity contribution is 5.45. The first-order valence-electron chi connectivity index (χ1n) is 7.11.